The van der Waals surface area contributed by atoms with Crippen LogP contribution in [0.5, 0.6) is 0 Å². The van der Waals surface area contributed by atoms with Crippen LogP contribution in [0.1, 0.15) is 11.5 Å². The minimum Gasteiger partial charge on any atom is -0.329 e. The van der Waals surface area contributed by atoms with Gasteiger partial charge in [0.1, 0.15) is 17.9 Å². The second kappa shape index (κ2) is 4.19. The highest BCUT2D eigenvalue weighted by atomic mass is 15.4. The minimum absolute atomic E-state index is 0.395. The Labute approximate surface area is 103 Å². The third-order valence-corrected chi connectivity index (χ3v) is 2.87. The maximum atomic E-state index is 5.50. The Bertz CT molecular complexity index is 682. The number of rotatable bonds is 3. The van der Waals surface area contributed by atoms with Gasteiger partial charge < -0.3 is 10.3 Å². The fourth-order valence-corrected chi connectivity index (χ4v) is 1.90. The summed E-state index contributed by atoms with van der Waals surface area (Å²) >= 11 is 0. The number of fused-ring (bicyclic) bond motifs is 1. The molecule has 0 radical (unpaired) electrons. The van der Waals surface area contributed by atoms with Crippen LogP contribution in [0.2, 0.25) is 0 Å². The molecule has 0 amide bonds. The lowest BCUT2D eigenvalue weighted by atomic mass is 10.4. The van der Waals surface area contributed by atoms with E-state index in [-0.39, 0.29) is 0 Å². The number of imidazole rings is 1. The van der Waals surface area contributed by atoms with Gasteiger partial charge in [-0.15, -0.1) is 5.10 Å². The van der Waals surface area contributed by atoms with E-state index in [4.69, 9.17) is 5.73 Å². The molecule has 0 aliphatic heterocycles. The van der Waals surface area contributed by atoms with Gasteiger partial charge in [0.2, 0.25) is 0 Å². The largest absolute Gasteiger partial charge is 0.329 e. The van der Waals surface area contributed by atoms with Crippen LogP contribution in [-0.2, 0) is 20.1 Å². The first-order valence-electron chi connectivity index (χ1n) is 5.62. The normalized spacial score (nSPS) is 11.2. The van der Waals surface area contributed by atoms with Crippen LogP contribution in [-0.4, -0.2) is 29.5 Å². The average Bonchev–Trinajstić information content (AvgIpc) is 2.97. The molecule has 7 heteroatoms. The number of hydrogen-bond acceptors (Lipinski definition) is 5. The molecule has 0 fully saturated rings. The van der Waals surface area contributed by atoms with E-state index >= 15 is 0 Å². The maximum Gasteiger partial charge on any atom is 0.131 e. The summed E-state index contributed by atoms with van der Waals surface area (Å²) in [6.07, 6.45) is 5.35. The molecule has 2 N–H and O–H groups in total. The number of pyridine rings is 1. The molecule has 3 aromatic rings. The Morgan fingerprint density at radius 3 is 3.00 bits per heavy atom. The first-order chi connectivity index (χ1) is 8.78. The second-order valence-corrected chi connectivity index (χ2v) is 4.06. The van der Waals surface area contributed by atoms with Crippen molar-refractivity contribution in [2.24, 2.45) is 12.8 Å². The van der Waals surface area contributed by atoms with Crippen molar-refractivity contribution in [2.75, 3.05) is 0 Å². The van der Waals surface area contributed by atoms with E-state index in [2.05, 4.69) is 20.3 Å². The lowest BCUT2D eigenvalue weighted by Gasteiger charge is -2.01. The summed E-state index contributed by atoms with van der Waals surface area (Å²) in [6.45, 7) is 0.963. The highest BCUT2D eigenvalue weighted by molar-refractivity contribution is 5.74. The number of hydrogen-bond donors (Lipinski definition) is 1. The van der Waals surface area contributed by atoms with Gasteiger partial charge in [-0.25, -0.2) is 9.67 Å². The molecule has 0 atom stereocenters. The molecular weight excluding hydrogens is 230 g/mol. The van der Waals surface area contributed by atoms with Crippen LogP contribution < -0.4 is 5.73 Å². The summed E-state index contributed by atoms with van der Waals surface area (Å²) in [4.78, 5) is 8.59. The first kappa shape index (κ1) is 10.8. The van der Waals surface area contributed by atoms with Gasteiger partial charge in [0.15, 0.2) is 0 Å². The van der Waals surface area contributed by atoms with Gasteiger partial charge in [-0.3, -0.25) is 4.98 Å². The van der Waals surface area contributed by atoms with Crippen molar-refractivity contribution < 1.29 is 0 Å². The third-order valence-electron chi connectivity index (χ3n) is 2.87. The van der Waals surface area contributed by atoms with E-state index < -0.39 is 0 Å². The fourth-order valence-electron chi connectivity index (χ4n) is 1.90. The highest BCUT2D eigenvalue weighted by Crippen LogP contribution is 2.13. The van der Waals surface area contributed by atoms with Gasteiger partial charge in [0.25, 0.3) is 0 Å². The Balaban J connectivity index is 1.97. The summed E-state index contributed by atoms with van der Waals surface area (Å²) in [5.41, 5.74) is 8.21. The molecule has 0 saturated heterocycles. The van der Waals surface area contributed by atoms with E-state index in [1.54, 1.807) is 17.1 Å². The fraction of sp³-hybridized carbons (Fsp3) is 0.273. The molecule has 0 unspecified atom stereocenters. The van der Waals surface area contributed by atoms with Crippen LogP contribution in [0.3, 0.4) is 0 Å². The molecular formula is C11H13N7. The number of aromatic nitrogens is 6. The SMILES string of the molecule is Cn1c(Cn2cc(CN)nn2)nc2cnccc21. The first-order valence-corrected chi connectivity index (χ1v) is 5.62. The van der Waals surface area contributed by atoms with E-state index in [1.165, 1.54) is 0 Å². The molecule has 92 valence electrons. The van der Waals surface area contributed by atoms with Gasteiger partial charge in [-0.2, -0.15) is 0 Å². The van der Waals surface area contributed by atoms with Crippen LogP contribution >= 0.6 is 0 Å². The van der Waals surface area contributed by atoms with Crippen LogP contribution in [0, 0.1) is 0 Å². The molecule has 0 saturated carbocycles. The molecule has 0 spiro atoms. The standard InChI is InChI=1S/C11H13N7/c1-17-10-2-3-13-5-9(10)14-11(17)7-18-6-8(4-12)15-16-18/h2-3,5-6H,4,7,12H2,1H3. The van der Waals surface area contributed by atoms with Crippen molar-refractivity contribution in [2.45, 2.75) is 13.1 Å². The maximum absolute atomic E-state index is 5.50. The van der Waals surface area contributed by atoms with Crippen LogP contribution in [0.15, 0.2) is 24.7 Å². The minimum atomic E-state index is 0.395. The van der Waals surface area contributed by atoms with Crippen molar-refractivity contribution in [3.8, 4) is 0 Å². The number of nitrogens with two attached hydrogens (primary N) is 1. The van der Waals surface area contributed by atoms with Crippen LogP contribution in [0.4, 0.5) is 0 Å². The Hall–Kier alpha value is -2.28. The Morgan fingerprint density at radius 2 is 2.28 bits per heavy atom. The summed E-state index contributed by atoms with van der Waals surface area (Å²) in [6, 6.07) is 1.94. The molecule has 0 aromatic carbocycles. The number of nitrogens with zero attached hydrogens (tertiary/aromatic N) is 6. The van der Waals surface area contributed by atoms with Crippen LogP contribution in [0.25, 0.3) is 11.0 Å². The molecule has 0 aliphatic rings. The summed E-state index contributed by atoms with van der Waals surface area (Å²) in [5.74, 6) is 0.909. The number of aryl methyl sites for hydroxylation is 1. The molecule has 18 heavy (non-hydrogen) atoms. The van der Waals surface area contributed by atoms with Gasteiger partial charge in [0.05, 0.1) is 23.6 Å². The highest BCUT2D eigenvalue weighted by Gasteiger charge is 2.09. The molecule has 3 heterocycles. The van der Waals surface area contributed by atoms with Gasteiger partial charge >= 0.3 is 0 Å². The monoisotopic (exact) mass is 243 g/mol. The third kappa shape index (κ3) is 1.74. The molecule has 3 aromatic heterocycles. The van der Waals surface area contributed by atoms with E-state index in [0.717, 1.165) is 22.6 Å². The van der Waals surface area contributed by atoms with E-state index in [1.807, 2.05) is 23.9 Å². The second-order valence-electron chi connectivity index (χ2n) is 4.06. The Kier molecular flexibility index (Phi) is 2.52. The van der Waals surface area contributed by atoms with Crippen molar-refractivity contribution in [1.29, 1.82) is 0 Å². The summed E-state index contributed by atoms with van der Waals surface area (Å²) < 4.78 is 3.76. The lowest BCUT2D eigenvalue weighted by molar-refractivity contribution is 0.610. The topological polar surface area (TPSA) is 87.4 Å². The van der Waals surface area contributed by atoms with Gasteiger partial charge in [0, 0.05) is 19.8 Å². The zero-order valence-electron chi connectivity index (χ0n) is 9.98. The van der Waals surface area contributed by atoms with Crippen molar-refractivity contribution in [3.05, 3.63) is 36.2 Å². The predicted octanol–water partition coefficient (Wildman–Crippen LogP) is 0.0668. The molecule has 3 rings (SSSR count). The summed E-state index contributed by atoms with van der Waals surface area (Å²) in [5, 5.41) is 7.96. The zero-order valence-corrected chi connectivity index (χ0v) is 9.98. The molecule has 0 aliphatic carbocycles. The predicted molar refractivity (Wildman–Crippen MR) is 65.5 cm³/mol. The Morgan fingerprint density at radius 1 is 1.39 bits per heavy atom. The van der Waals surface area contributed by atoms with Crippen molar-refractivity contribution in [3.63, 3.8) is 0 Å². The van der Waals surface area contributed by atoms with Crippen molar-refractivity contribution >= 4 is 11.0 Å². The van der Waals surface area contributed by atoms with E-state index in [9.17, 15) is 0 Å². The summed E-state index contributed by atoms with van der Waals surface area (Å²) in [7, 11) is 1.98. The zero-order chi connectivity index (χ0) is 12.5. The quantitative estimate of drug-likeness (QED) is 0.703. The lowest BCUT2D eigenvalue weighted by Crippen LogP contribution is -2.06. The molecule has 7 nitrogen and oxygen atoms in total. The average molecular weight is 243 g/mol. The molecule has 0 bridgehead atoms. The van der Waals surface area contributed by atoms with Gasteiger partial charge in [-0.05, 0) is 6.07 Å². The smallest absolute Gasteiger partial charge is 0.131 e. The van der Waals surface area contributed by atoms with Crippen molar-refractivity contribution in [1.82, 2.24) is 29.5 Å². The van der Waals surface area contributed by atoms with Gasteiger partial charge in [-0.1, -0.05) is 5.21 Å². The van der Waals surface area contributed by atoms with E-state index in [0.29, 0.717) is 13.1 Å².